The SMILES string of the molecule is CCOC(=O)c1cn(CC)c2ccc(-n3cc(COc4c(F)c(F)c(-c5c6nc(c(-c7c(F)c(F)c(F)c(F)c7F)c7ccc([nH]7)c(-c7c(F)c(F)c(OCc8cn(-c9ccc%10c(c9)c(=O)c(C(=O)OCC)cn%10CC)nn8)c(F)c7F)c7nc(c(-c8c(F)c(F)c(F)c(F)c8F)c8ccc5[nH]8)C=C7)C=C6)c(F)c4F)nn3)cc2c1=O. The van der Waals surface area contributed by atoms with Gasteiger partial charge in [-0.3, -0.25) is 9.59 Å². The van der Waals surface area contributed by atoms with Gasteiger partial charge < -0.3 is 38.0 Å². The van der Waals surface area contributed by atoms with Crippen molar-refractivity contribution < 1.29 is 108 Å². The number of aromatic amines is 2. The van der Waals surface area contributed by atoms with Gasteiger partial charge in [0, 0.05) is 80.6 Å². The number of rotatable bonds is 18. The molecule has 0 saturated heterocycles. The fraction of sp³-hybridized carbons (Fsp3) is 0.128. The molecule has 0 atom stereocenters. The van der Waals surface area contributed by atoms with Gasteiger partial charge in [-0.1, -0.05) is 10.4 Å². The van der Waals surface area contributed by atoms with E-state index in [1.54, 1.807) is 23.0 Å². The van der Waals surface area contributed by atoms with Crippen LogP contribution in [0.1, 0.15) is 82.6 Å². The third kappa shape index (κ3) is 12.7. The highest BCUT2D eigenvalue weighted by Crippen LogP contribution is 2.47. The van der Waals surface area contributed by atoms with E-state index in [9.17, 15) is 28.0 Å². The van der Waals surface area contributed by atoms with Gasteiger partial charge in [0.15, 0.2) is 81.3 Å². The summed E-state index contributed by atoms with van der Waals surface area (Å²) in [5, 5.41) is 15.6. The standard InChI is InChI=1S/C78H44F18N12O8/c1-5-105-25-35(77(111)113-7-3)73(109)33-21-31(9-19-45(33)105)107-23-29(101-103-107)27-115-75-69(93)59(83)53(60(84)70(75)94)49-41-15-11-37(97-41)47(51-55(79)63(87)67(91)64(88)56(51)80)39-13-17-43(99-39)50(44-18-14-40(100-44)48(38-12-16-42(49)98-38)52-57(81)65(89)68(92)66(90)58(52)82)54-61(85)71(95)76(72(96)62(54)86)116-28-30-24-108(104-102-30)32-10-20-46-34(22-32)74(110)36(26-106(46)6-2)78(112)114-8-4/h9-26,97,100H,5-8,27-28H2,1-4H3. The lowest BCUT2D eigenvalue weighted by molar-refractivity contribution is 0.0514. The molecule has 0 amide bonds. The second kappa shape index (κ2) is 29.8. The summed E-state index contributed by atoms with van der Waals surface area (Å²) in [4.78, 5) is 65.7. The van der Waals surface area contributed by atoms with Gasteiger partial charge in [-0.15, -0.1) is 10.2 Å². The zero-order chi connectivity index (χ0) is 82.6. The van der Waals surface area contributed by atoms with Crippen LogP contribution < -0.4 is 20.3 Å². The van der Waals surface area contributed by atoms with Crippen LogP contribution in [-0.4, -0.2) is 84.2 Å². The van der Waals surface area contributed by atoms with Crippen LogP contribution in [0.25, 0.3) is 124 Å². The zero-order valence-corrected chi connectivity index (χ0v) is 59.2. The molecule has 9 heterocycles. The molecule has 116 heavy (non-hydrogen) atoms. The molecule has 15 rings (SSSR count). The van der Waals surface area contributed by atoms with Gasteiger partial charge in [0.25, 0.3) is 0 Å². The Labute approximate surface area is 635 Å². The summed E-state index contributed by atoms with van der Waals surface area (Å²) in [5.74, 6) is -51.0. The highest BCUT2D eigenvalue weighted by Gasteiger charge is 2.37. The number of halogens is 18. The summed E-state index contributed by atoms with van der Waals surface area (Å²) in [6.45, 7) is 4.88. The molecule has 2 N–H and O–H groups in total. The van der Waals surface area contributed by atoms with Gasteiger partial charge >= 0.3 is 11.9 Å². The minimum absolute atomic E-state index is 0.00929. The van der Waals surface area contributed by atoms with Gasteiger partial charge in [-0.25, -0.2) is 90.4 Å². The highest BCUT2D eigenvalue weighted by molar-refractivity contribution is 6.01. The van der Waals surface area contributed by atoms with E-state index in [0.717, 1.165) is 21.8 Å². The normalized spacial score (nSPS) is 12.0. The van der Waals surface area contributed by atoms with Gasteiger partial charge in [-0.05, 0) is 113 Å². The number of H-pyrrole nitrogens is 2. The fourth-order valence-electron chi connectivity index (χ4n) is 13.4. The number of hydrogen-bond donors (Lipinski definition) is 2. The van der Waals surface area contributed by atoms with Crippen LogP contribution in [-0.2, 0) is 35.8 Å². The van der Waals surface area contributed by atoms with E-state index >= 15 is 70.2 Å². The monoisotopic (exact) mass is 1620 g/mol. The Morgan fingerprint density at radius 1 is 0.362 bits per heavy atom. The van der Waals surface area contributed by atoms with Crippen molar-refractivity contribution in [1.29, 1.82) is 0 Å². The molecule has 2 aliphatic rings. The zero-order valence-electron chi connectivity index (χ0n) is 59.2. The van der Waals surface area contributed by atoms with Crippen molar-refractivity contribution in [1.82, 2.24) is 59.1 Å². The number of aryl methyl sites for hydroxylation is 2. The minimum Gasteiger partial charge on any atom is -0.481 e. The van der Waals surface area contributed by atoms with Crippen molar-refractivity contribution in [2.24, 2.45) is 0 Å². The number of carbonyl (C=O) groups excluding carboxylic acids is 2. The van der Waals surface area contributed by atoms with Crippen LogP contribution in [0.2, 0.25) is 0 Å². The quantitative estimate of drug-likeness (QED) is 0.0352. The number of nitrogens with zero attached hydrogens (tertiary/aromatic N) is 10. The first-order valence-corrected chi connectivity index (χ1v) is 34.2. The van der Waals surface area contributed by atoms with Gasteiger partial charge in [0.2, 0.25) is 45.8 Å². The van der Waals surface area contributed by atoms with E-state index < -0.39 is 242 Å². The number of fused-ring (bicyclic) bond motifs is 10. The van der Waals surface area contributed by atoms with Crippen molar-refractivity contribution in [3.05, 3.63) is 256 Å². The average Bonchev–Trinajstić information content (AvgIpc) is 1.55. The third-order valence-electron chi connectivity index (χ3n) is 18.8. The van der Waals surface area contributed by atoms with Crippen LogP contribution in [0.5, 0.6) is 11.5 Å². The van der Waals surface area contributed by atoms with Crippen LogP contribution in [0, 0.1) is 105 Å². The Morgan fingerprint density at radius 2 is 0.647 bits per heavy atom. The second-order valence-electron chi connectivity index (χ2n) is 25.4. The number of benzene rings is 6. The Morgan fingerprint density at radius 3 is 0.931 bits per heavy atom. The fourth-order valence-corrected chi connectivity index (χ4v) is 13.4. The second-order valence-corrected chi connectivity index (χ2v) is 25.4. The molecule has 8 bridgehead atoms. The first-order chi connectivity index (χ1) is 55.5. The molecule has 590 valence electrons. The molecule has 6 aromatic carbocycles. The summed E-state index contributed by atoms with van der Waals surface area (Å²) in [6, 6.07) is 11.3. The van der Waals surface area contributed by atoms with Crippen molar-refractivity contribution in [2.45, 2.75) is 54.0 Å². The van der Waals surface area contributed by atoms with Crippen LogP contribution in [0.3, 0.4) is 0 Å². The first kappa shape index (κ1) is 77.2. The molecule has 13 aromatic rings. The van der Waals surface area contributed by atoms with E-state index in [1.807, 2.05) is 0 Å². The molecule has 0 unspecified atom stereocenters. The summed E-state index contributed by atoms with van der Waals surface area (Å²) in [7, 11) is 0. The maximum atomic E-state index is 17.4. The lowest BCUT2D eigenvalue weighted by Gasteiger charge is -2.14. The molecule has 20 nitrogen and oxygen atoms in total. The summed E-state index contributed by atoms with van der Waals surface area (Å²) in [5.41, 5.74) is -22.2. The van der Waals surface area contributed by atoms with Crippen molar-refractivity contribution in [3.63, 3.8) is 0 Å². The summed E-state index contributed by atoms with van der Waals surface area (Å²) < 4.78 is 322. The van der Waals surface area contributed by atoms with Gasteiger partial charge in [-0.2, -0.15) is 17.6 Å². The number of hydrogen-bond acceptors (Lipinski definition) is 14. The number of aromatic nitrogens is 12. The number of esters is 2. The lowest BCUT2D eigenvalue weighted by atomic mass is 10.0. The number of carbonyl (C=O) groups is 2. The Hall–Kier alpha value is -14.1. The van der Waals surface area contributed by atoms with Gasteiger partial charge in [0.1, 0.15) is 35.7 Å². The number of pyridine rings is 2. The predicted molar refractivity (Wildman–Crippen MR) is 378 cm³/mol. The van der Waals surface area contributed by atoms with E-state index in [4.69, 9.17) is 18.9 Å². The predicted octanol–water partition coefficient (Wildman–Crippen LogP) is 17.2. The van der Waals surface area contributed by atoms with Crippen molar-refractivity contribution in [3.8, 4) is 67.4 Å². The number of ether oxygens (including phenoxy) is 4. The smallest absolute Gasteiger partial charge is 0.343 e. The van der Waals surface area contributed by atoms with Crippen molar-refractivity contribution in [2.75, 3.05) is 13.2 Å². The van der Waals surface area contributed by atoms with E-state index in [-0.39, 0.29) is 71.0 Å². The topological polar surface area (TPSA) is 234 Å². The van der Waals surface area contributed by atoms with E-state index in [0.29, 0.717) is 59.6 Å². The maximum absolute atomic E-state index is 17.4. The molecule has 2 aliphatic heterocycles. The Bertz CT molecular complexity index is 6330. The summed E-state index contributed by atoms with van der Waals surface area (Å²) >= 11 is 0. The lowest BCUT2D eigenvalue weighted by Crippen LogP contribution is -2.21. The van der Waals surface area contributed by atoms with Crippen molar-refractivity contribution >= 4 is 80.1 Å². The van der Waals surface area contributed by atoms with Crippen LogP contribution >= 0.6 is 0 Å². The molecule has 0 radical (unpaired) electrons. The molecular weight excluding hydrogens is 1570 g/mol. The molecule has 0 saturated carbocycles. The molecular formula is C78H44F18N12O8. The molecule has 38 heteroatoms. The van der Waals surface area contributed by atoms with E-state index in [1.165, 1.54) is 62.6 Å². The van der Waals surface area contributed by atoms with E-state index in [2.05, 4.69) is 40.6 Å². The Kier molecular flexibility index (Phi) is 19.8. The Balaban J connectivity index is 0.893. The summed E-state index contributed by atoms with van der Waals surface area (Å²) in [6.07, 6.45) is 7.40. The highest BCUT2D eigenvalue weighted by atomic mass is 19.2. The van der Waals surface area contributed by atoms with Crippen LogP contribution in [0.15, 0.2) is 95.0 Å². The molecule has 0 spiro atoms. The molecule has 7 aromatic heterocycles. The largest absolute Gasteiger partial charge is 0.481 e. The third-order valence-corrected chi connectivity index (χ3v) is 18.8. The number of nitrogens with one attached hydrogen (secondary N) is 2. The van der Waals surface area contributed by atoms with Gasteiger partial charge in [0.05, 0.1) is 93.0 Å². The molecule has 0 aliphatic carbocycles. The maximum Gasteiger partial charge on any atom is 0.343 e. The minimum atomic E-state index is -2.74. The average molecular weight is 1620 g/mol. The first-order valence-electron chi connectivity index (χ1n) is 34.2. The van der Waals surface area contributed by atoms with Crippen LogP contribution in [0.4, 0.5) is 79.0 Å². The molecule has 0 fully saturated rings.